The van der Waals surface area contributed by atoms with Gasteiger partial charge in [0.25, 0.3) is 0 Å². The third kappa shape index (κ3) is 3.29. The summed E-state index contributed by atoms with van der Waals surface area (Å²) in [5.41, 5.74) is 7.70. The Balaban J connectivity index is 1.84. The van der Waals surface area contributed by atoms with E-state index in [0.29, 0.717) is 0 Å². The van der Waals surface area contributed by atoms with Crippen molar-refractivity contribution in [1.82, 2.24) is 0 Å². The average molecular weight is 234 g/mol. The van der Waals surface area contributed by atoms with Gasteiger partial charge in [0.05, 0.1) is 18.5 Å². The van der Waals surface area contributed by atoms with Crippen molar-refractivity contribution in [1.29, 1.82) is 0 Å². The second-order valence-corrected chi connectivity index (χ2v) is 4.82. The number of hydrogen-bond donors (Lipinski definition) is 2. The Labute approximate surface area is 103 Å². The van der Waals surface area contributed by atoms with Crippen LogP contribution >= 0.6 is 0 Å². The number of methoxy groups -OCH3 is 1. The van der Waals surface area contributed by atoms with Gasteiger partial charge in [0.15, 0.2) is 0 Å². The normalized spacial score (nSPS) is 16.1. The highest BCUT2D eigenvalue weighted by atomic mass is 16.5. The lowest BCUT2D eigenvalue weighted by molar-refractivity contribution is 0.415. The Bertz CT molecular complexity index is 359. The molecule has 0 spiro atoms. The van der Waals surface area contributed by atoms with Gasteiger partial charge in [-0.3, -0.25) is 0 Å². The van der Waals surface area contributed by atoms with Crippen LogP contribution in [0, 0.1) is 5.92 Å². The molecule has 0 aromatic heterocycles. The number of hydrogen-bond acceptors (Lipinski definition) is 3. The zero-order valence-electron chi connectivity index (χ0n) is 10.5. The van der Waals surface area contributed by atoms with Crippen LogP contribution in [0.15, 0.2) is 18.2 Å². The van der Waals surface area contributed by atoms with Gasteiger partial charge in [-0.15, -0.1) is 0 Å². The van der Waals surface area contributed by atoms with Gasteiger partial charge >= 0.3 is 0 Å². The molecule has 1 aromatic rings. The highest BCUT2D eigenvalue weighted by molar-refractivity contribution is 5.68. The Kier molecular flexibility index (Phi) is 4.13. The van der Waals surface area contributed by atoms with E-state index in [9.17, 15) is 0 Å². The molecule has 0 aliphatic heterocycles. The SMILES string of the molecule is COc1ccc(N)c(NCCC2CCCC2)c1. The molecule has 0 atom stereocenters. The van der Waals surface area contributed by atoms with Gasteiger partial charge in [0.1, 0.15) is 5.75 Å². The van der Waals surface area contributed by atoms with E-state index in [4.69, 9.17) is 10.5 Å². The number of nitrogens with one attached hydrogen (secondary N) is 1. The van der Waals surface area contributed by atoms with Gasteiger partial charge in [-0.1, -0.05) is 25.7 Å². The fourth-order valence-electron chi connectivity index (χ4n) is 2.53. The first kappa shape index (κ1) is 12.1. The minimum Gasteiger partial charge on any atom is -0.497 e. The van der Waals surface area contributed by atoms with Crippen LogP contribution < -0.4 is 15.8 Å². The maximum absolute atomic E-state index is 5.92. The molecular formula is C14H22N2O. The second kappa shape index (κ2) is 5.80. The molecule has 2 rings (SSSR count). The predicted octanol–water partition coefficient (Wildman–Crippen LogP) is 3.27. The maximum Gasteiger partial charge on any atom is 0.121 e. The fraction of sp³-hybridized carbons (Fsp3) is 0.571. The summed E-state index contributed by atoms with van der Waals surface area (Å²) < 4.78 is 5.19. The molecule has 1 aliphatic carbocycles. The average Bonchev–Trinajstić information content (AvgIpc) is 2.84. The number of ether oxygens (including phenoxy) is 1. The van der Waals surface area contributed by atoms with Crippen LogP contribution in [-0.4, -0.2) is 13.7 Å². The van der Waals surface area contributed by atoms with Crippen LogP contribution in [0.5, 0.6) is 5.75 Å². The molecule has 3 nitrogen and oxygen atoms in total. The largest absolute Gasteiger partial charge is 0.497 e. The van der Waals surface area contributed by atoms with Crippen LogP contribution in [0.25, 0.3) is 0 Å². The van der Waals surface area contributed by atoms with Gasteiger partial charge in [-0.05, 0) is 24.5 Å². The Hall–Kier alpha value is -1.38. The van der Waals surface area contributed by atoms with Crippen molar-refractivity contribution in [3.63, 3.8) is 0 Å². The molecule has 0 unspecified atom stereocenters. The zero-order chi connectivity index (χ0) is 12.1. The van der Waals surface area contributed by atoms with Crippen LogP contribution in [-0.2, 0) is 0 Å². The van der Waals surface area contributed by atoms with Crippen molar-refractivity contribution in [2.45, 2.75) is 32.1 Å². The summed E-state index contributed by atoms with van der Waals surface area (Å²) in [7, 11) is 1.67. The first-order valence-corrected chi connectivity index (χ1v) is 6.47. The summed E-state index contributed by atoms with van der Waals surface area (Å²) in [6.45, 7) is 1.00. The highest BCUT2D eigenvalue weighted by Crippen LogP contribution is 2.28. The van der Waals surface area contributed by atoms with Gasteiger partial charge in [-0.2, -0.15) is 0 Å². The quantitative estimate of drug-likeness (QED) is 0.769. The standard InChI is InChI=1S/C14H22N2O/c1-17-12-6-7-13(15)14(10-12)16-9-8-11-4-2-3-5-11/h6-7,10-11,16H,2-5,8-9,15H2,1H3. The van der Waals surface area contributed by atoms with E-state index in [0.717, 1.165) is 29.6 Å². The molecule has 1 saturated carbocycles. The van der Waals surface area contributed by atoms with E-state index in [2.05, 4.69) is 5.32 Å². The molecule has 3 heteroatoms. The highest BCUT2D eigenvalue weighted by Gasteiger charge is 2.14. The molecule has 1 aromatic carbocycles. The molecule has 0 saturated heterocycles. The molecule has 17 heavy (non-hydrogen) atoms. The Morgan fingerprint density at radius 2 is 2.12 bits per heavy atom. The lowest BCUT2D eigenvalue weighted by atomic mass is 10.0. The second-order valence-electron chi connectivity index (χ2n) is 4.82. The van der Waals surface area contributed by atoms with Crippen molar-refractivity contribution in [3.05, 3.63) is 18.2 Å². The number of rotatable bonds is 5. The van der Waals surface area contributed by atoms with Crippen LogP contribution in [0.4, 0.5) is 11.4 Å². The van der Waals surface area contributed by atoms with Gasteiger partial charge in [0.2, 0.25) is 0 Å². The Morgan fingerprint density at radius 1 is 1.35 bits per heavy atom. The molecule has 0 radical (unpaired) electrons. The summed E-state index contributed by atoms with van der Waals surface area (Å²) >= 11 is 0. The number of nitrogens with two attached hydrogens (primary N) is 1. The van der Waals surface area contributed by atoms with Gasteiger partial charge in [-0.25, -0.2) is 0 Å². The predicted molar refractivity (Wildman–Crippen MR) is 72.5 cm³/mol. The smallest absolute Gasteiger partial charge is 0.121 e. The number of benzene rings is 1. The molecule has 3 N–H and O–H groups in total. The summed E-state index contributed by atoms with van der Waals surface area (Å²) in [5, 5.41) is 3.41. The summed E-state index contributed by atoms with van der Waals surface area (Å²) in [5.74, 6) is 1.76. The van der Waals surface area contributed by atoms with E-state index in [-0.39, 0.29) is 0 Å². The van der Waals surface area contributed by atoms with E-state index in [1.54, 1.807) is 7.11 Å². The van der Waals surface area contributed by atoms with E-state index in [1.807, 2.05) is 18.2 Å². The fourth-order valence-corrected chi connectivity index (χ4v) is 2.53. The molecule has 1 aliphatic rings. The molecule has 94 valence electrons. The van der Waals surface area contributed by atoms with Crippen molar-refractivity contribution < 1.29 is 4.74 Å². The zero-order valence-corrected chi connectivity index (χ0v) is 10.5. The Morgan fingerprint density at radius 3 is 2.82 bits per heavy atom. The summed E-state index contributed by atoms with van der Waals surface area (Å²) in [6, 6.07) is 5.73. The first-order valence-electron chi connectivity index (χ1n) is 6.47. The summed E-state index contributed by atoms with van der Waals surface area (Å²) in [4.78, 5) is 0. The van der Waals surface area contributed by atoms with Gasteiger partial charge in [0, 0.05) is 12.6 Å². The minimum atomic E-state index is 0.789. The lowest BCUT2D eigenvalue weighted by Gasteiger charge is -2.13. The summed E-state index contributed by atoms with van der Waals surface area (Å²) in [6.07, 6.45) is 6.86. The third-order valence-corrected chi connectivity index (χ3v) is 3.60. The van der Waals surface area contributed by atoms with E-state index >= 15 is 0 Å². The number of anilines is 2. The van der Waals surface area contributed by atoms with Crippen molar-refractivity contribution >= 4 is 11.4 Å². The van der Waals surface area contributed by atoms with E-state index < -0.39 is 0 Å². The first-order chi connectivity index (χ1) is 8.29. The monoisotopic (exact) mass is 234 g/mol. The maximum atomic E-state index is 5.92. The van der Waals surface area contributed by atoms with Crippen LogP contribution in [0.1, 0.15) is 32.1 Å². The molecular weight excluding hydrogens is 212 g/mol. The molecule has 1 fully saturated rings. The minimum absolute atomic E-state index is 0.789. The van der Waals surface area contributed by atoms with Crippen molar-refractivity contribution in [2.75, 3.05) is 24.7 Å². The molecule has 0 bridgehead atoms. The van der Waals surface area contributed by atoms with E-state index in [1.165, 1.54) is 32.1 Å². The molecule has 0 amide bonds. The topological polar surface area (TPSA) is 47.3 Å². The van der Waals surface area contributed by atoms with Gasteiger partial charge < -0.3 is 15.8 Å². The van der Waals surface area contributed by atoms with Crippen molar-refractivity contribution in [2.24, 2.45) is 5.92 Å². The third-order valence-electron chi connectivity index (χ3n) is 3.60. The van der Waals surface area contributed by atoms with Crippen LogP contribution in [0.2, 0.25) is 0 Å². The van der Waals surface area contributed by atoms with Crippen LogP contribution in [0.3, 0.4) is 0 Å². The number of nitrogen functional groups attached to an aromatic ring is 1. The van der Waals surface area contributed by atoms with Crippen molar-refractivity contribution in [3.8, 4) is 5.75 Å². The molecule has 0 heterocycles. The lowest BCUT2D eigenvalue weighted by Crippen LogP contribution is -2.08.